The molecule has 0 aromatic heterocycles. The van der Waals surface area contributed by atoms with Crippen molar-refractivity contribution in [2.75, 3.05) is 0 Å². The van der Waals surface area contributed by atoms with Crippen molar-refractivity contribution in [1.82, 2.24) is 0 Å². The molecule has 104 valence electrons. The number of carboxylic acid groups (broad SMARTS) is 1. The minimum absolute atomic E-state index is 0.106. The maximum absolute atomic E-state index is 13.7. The van der Waals surface area contributed by atoms with Gasteiger partial charge in [0.25, 0.3) is 0 Å². The zero-order chi connectivity index (χ0) is 14.3. The number of aliphatic carboxylic acids is 1. The molecule has 4 heteroatoms. The highest BCUT2D eigenvalue weighted by atomic mass is 32.2. The van der Waals surface area contributed by atoms with Crippen molar-refractivity contribution in [2.45, 2.75) is 43.3 Å². The van der Waals surface area contributed by atoms with Gasteiger partial charge in [0.05, 0.1) is 0 Å². The van der Waals surface area contributed by atoms with Crippen LogP contribution in [0.1, 0.15) is 33.6 Å². The molecule has 0 heterocycles. The fourth-order valence-electron chi connectivity index (χ4n) is 2.39. The molecule has 0 atom stereocenters. The second kappa shape index (κ2) is 4.82. The fraction of sp³-hybridized carbons (Fsp3) is 0.533. The summed E-state index contributed by atoms with van der Waals surface area (Å²) in [6.45, 7) is 6.37. The van der Waals surface area contributed by atoms with Crippen LogP contribution >= 0.6 is 11.8 Å². The van der Waals surface area contributed by atoms with Gasteiger partial charge in [0.1, 0.15) is 10.6 Å². The first-order chi connectivity index (χ1) is 8.74. The molecule has 1 aromatic carbocycles. The molecule has 0 saturated heterocycles. The topological polar surface area (TPSA) is 37.3 Å². The Bertz CT molecular complexity index is 487. The highest BCUT2D eigenvalue weighted by molar-refractivity contribution is 8.01. The van der Waals surface area contributed by atoms with E-state index in [2.05, 4.69) is 20.8 Å². The maximum Gasteiger partial charge on any atom is 0.320 e. The van der Waals surface area contributed by atoms with E-state index in [0.29, 0.717) is 23.7 Å². The minimum Gasteiger partial charge on any atom is -0.480 e. The van der Waals surface area contributed by atoms with E-state index in [1.165, 1.54) is 6.07 Å². The van der Waals surface area contributed by atoms with Crippen LogP contribution in [0, 0.1) is 17.2 Å². The van der Waals surface area contributed by atoms with Gasteiger partial charge in [-0.05, 0) is 36.3 Å². The van der Waals surface area contributed by atoms with Crippen molar-refractivity contribution in [3.63, 3.8) is 0 Å². The summed E-state index contributed by atoms with van der Waals surface area (Å²) in [5.41, 5.74) is 0.106. The van der Waals surface area contributed by atoms with Gasteiger partial charge < -0.3 is 5.11 Å². The predicted octanol–water partition coefficient (Wildman–Crippen LogP) is 4.20. The van der Waals surface area contributed by atoms with E-state index in [9.17, 15) is 14.3 Å². The van der Waals surface area contributed by atoms with Crippen molar-refractivity contribution < 1.29 is 14.3 Å². The summed E-state index contributed by atoms with van der Waals surface area (Å²) in [5.74, 6) is -0.795. The molecule has 2 nitrogen and oxygen atoms in total. The molecule has 0 spiro atoms. The number of carbonyl (C=O) groups is 1. The zero-order valence-electron chi connectivity index (χ0n) is 11.4. The van der Waals surface area contributed by atoms with Crippen LogP contribution in [0.25, 0.3) is 0 Å². The molecule has 1 aliphatic carbocycles. The second-order valence-corrected chi connectivity index (χ2v) is 7.73. The van der Waals surface area contributed by atoms with Gasteiger partial charge in [-0.2, -0.15) is 0 Å². The first-order valence-electron chi connectivity index (χ1n) is 6.41. The maximum atomic E-state index is 13.7. The van der Waals surface area contributed by atoms with Crippen LogP contribution in [-0.2, 0) is 4.79 Å². The highest BCUT2D eigenvalue weighted by Gasteiger charge is 2.54. The van der Waals surface area contributed by atoms with Crippen molar-refractivity contribution in [3.8, 4) is 0 Å². The molecule has 0 unspecified atom stereocenters. The summed E-state index contributed by atoms with van der Waals surface area (Å²) in [4.78, 5) is 12.0. The number of carboxylic acids is 1. The molecule has 1 aromatic rings. The van der Waals surface area contributed by atoms with Crippen molar-refractivity contribution in [2.24, 2.45) is 11.3 Å². The Morgan fingerprint density at radius 2 is 1.95 bits per heavy atom. The summed E-state index contributed by atoms with van der Waals surface area (Å²) in [7, 11) is 0. The summed E-state index contributed by atoms with van der Waals surface area (Å²) in [5, 5.41) is 9.48. The average molecular weight is 282 g/mol. The molecule has 0 aliphatic heterocycles. The highest BCUT2D eigenvalue weighted by Crippen LogP contribution is 2.56. The molecule has 1 aliphatic rings. The van der Waals surface area contributed by atoms with Gasteiger partial charge in [-0.3, -0.25) is 4.79 Å². The van der Waals surface area contributed by atoms with E-state index in [1.54, 1.807) is 18.2 Å². The van der Waals surface area contributed by atoms with E-state index >= 15 is 0 Å². The number of hydrogen-bond acceptors (Lipinski definition) is 2. The smallest absolute Gasteiger partial charge is 0.320 e. The standard InChI is InChI=1S/C15H19FO2S/c1-14(2,3)10-8-15(9-10,13(17)18)19-12-7-5-4-6-11(12)16/h4-7,10H,8-9H2,1-3H3,(H,17,18). The van der Waals surface area contributed by atoms with Crippen LogP contribution in [-0.4, -0.2) is 15.8 Å². The average Bonchev–Trinajstić information content (AvgIpc) is 2.23. The van der Waals surface area contributed by atoms with Crippen LogP contribution in [0.2, 0.25) is 0 Å². The Morgan fingerprint density at radius 1 is 1.37 bits per heavy atom. The van der Waals surface area contributed by atoms with Gasteiger partial charge in [0.2, 0.25) is 0 Å². The molecule has 0 amide bonds. The van der Waals surface area contributed by atoms with Crippen molar-refractivity contribution in [3.05, 3.63) is 30.1 Å². The molecule has 2 rings (SSSR count). The van der Waals surface area contributed by atoms with Gasteiger partial charge in [-0.15, -0.1) is 11.8 Å². The monoisotopic (exact) mass is 282 g/mol. The van der Waals surface area contributed by atoms with E-state index in [4.69, 9.17) is 0 Å². The summed E-state index contributed by atoms with van der Waals surface area (Å²) < 4.78 is 12.8. The number of thioether (sulfide) groups is 1. The second-order valence-electron chi connectivity index (χ2n) is 6.30. The van der Waals surface area contributed by atoms with Gasteiger partial charge in [0.15, 0.2) is 0 Å². The Hall–Kier alpha value is -1.03. The SMILES string of the molecule is CC(C)(C)C1CC(Sc2ccccc2F)(C(=O)O)C1. The lowest BCUT2D eigenvalue weighted by atomic mass is 9.62. The Labute approximate surface area is 117 Å². The molecule has 1 N–H and O–H groups in total. The zero-order valence-corrected chi connectivity index (χ0v) is 12.3. The lowest BCUT2D eigenvalue weighted by Crippen LogP contribution is -2.51. The first kappa shape index (κ1) is 14.4. The van der Waals surface area contributed by atoms with Crippen LogP contribution in [0.5, 0.6) is 0 Å². The summed E-state index contributed by atoms with van der Waals surface area (Å²) >= 11 is 1.16. The van der Waals surface area contributed by atoms with Gasteiger partial charge in [-0.1, -0.05) is 32.9 Å². The van der Waals surface area contributed by atoms with Crippen LogP contribution in [0.3, 0.4) is 0 Å². The normalized spacial score (nSPS) is 26.8. The van der Waals surface area contributed by atoms with E-state index in [0.717, 1.165) is 11.8 Å². The molecular formula is C15H19FO2S. The van der Waals surface area contributed by atoms with Crippen LogP contribution in [0.4, 0.5) is 4.39 Å². The minimum atomic E-state index is -0.861. The van der Waals surface area contributed by atoms with E-state index in [1.807, 2.05) is 0 Å². The molecule has 0 radical (unpaired) electrons. The number of hydrogen-bond donors (Lipinski definition) is 1. The van der Waals surface area contributed by atoms with Crippen molar-refractivity contribution >= 4 is 17.7 Å². The molecular weight excluding hydrogens is 263 g/mol. The van der Waals surface area contributed by atoms with E-state index in [-0.39, 0.29) is 11.2 Å². The lowest BCUT2D eigenvalue weighted by Gasteiger charge is -2.49. The van der Waals surface area contributed by atoms with Gasteiger partial charge >= 0.3 is 5.97 Å². The molecule has 19 heavy (non-hydrogen) atoms. The third-order valence-corrected chi connectivity index (χ3v) is 5.36. The fourth-order valence-corrected chi connectivity index (χ4v) is 3.78. The Balaban J connectivity index is 2.17. The molecule has 1 fully saturated rings. The van der Waals surface area contributed by atoms with Gasteiger partial charge in [-0.25, -0.2) is 4.39 Å². The van der Waals surface area contributed by atoms with Crippen LogP contribution in [0.15, 0.2) is 29.2 Å². The largest absolute Gasteiger partial charge is 0.480 e. The quantitative estimate of drug-likeness (QED) is 0.903. The van der Waals surface area contributed by atoms with Gasteiger partial charge in [0, 0.05) is 4.90 Å². The molecule has 0 bridgehead atoms. The third kappa shape index (κ3) is 2.78. The molecule has 1 saturated carbocycles. The number of halogens is 1. The summed E-state index contributed by atoms with van der Waals surface area (Å²) in [6, 6.07) is 6.37. The third-order valence-electron chi connectivity index (χ3n) is 3.91. The first-order valence-corrected chi connectivity index (χ1v) is 7.23. The lowest BCUT2D eigenvalue weighted by molar-refractivity contribution is -0.145. The number of benzene rings is 1. The van der Waals surface area contributed by atoms with Crippen molar-refractivity contribution in [1.29, 1.82) is 0 Å². The predicted molar refractivity (Wildman–Crippen MR) is 74.8 cm³/mol. The Morgan fingerprint density at radius 3 is 2.42 bits per heavy atom. The van der Waals surface area contributed by atoms with E-state index < -0.39 is 10.7 Å². The Kier molecular flexibility index (Phi) is 3.65. The number of rotatable bonds is 3. The summed E-state index contributed by atoms with van der Waals surface area (Å²) in [6.07, 6.45) is 1.20. The van der Waals surface area contributed by atoms with Crippen LogP contribution < -0.4 is 0 Å².